The van der Waals surface area contributed by atoms with Crippen LogP contribution in [0.3, 0.4) is 0 Å². The van der Waals surface area contributed by atoms with Gasteiger partial charge >= 0.3 is 0 Å². The molecule has 3 heterocycles. The van der Waals surface area contributed by atoms with E-state index >= 15 is 0 Å². The second-order valence-corrected chi connectivity index (χ2v) is 5.15. The van der Waals surface area contributed by atoms with Crippen LogP contribution in [-0.4, -0.2) is 33.4 Å². The van der Waals surface area contributed by atoms with E-state index in [1.807, 2.05) is 18.2 Å². The normalized spacial score (nSPS) is 20.8. The van der Waals surface area contributed by atoms with Crippen LogP contribution < -0.4 is 11.3 Å². The number of nitrogens with two attached hydrogens (primary N) is 1. The molecular formula is C14H18N4O. The van der Waals surface area contributed by atoms with Gasteiger partial charge in [-0.25, -0.2) is 4.98 Å². The van der Waals surface area contributed by atoms with Gasteiger partial charge in [-0.1, -0.05) is 6.07 Å². The molecule has 1 atom stereocenters. The Morgan fingerprint density at radius 2 is 2.32 bits per heavy atom. The Morgan fingerprint density at radius 3 is 3.16 bits per heavy atom. The lowest BCUT2D eigenvalue weighted by Gasteiger charge is -2.30. The summed E-state index contributed by atoms with van der Waals surface area (Å²) < 4.78 is 1.56. The van der Waals surface area contributed by atoms with E-state index in [0.717, 1.165) is 31.6 Å². The van der Waals surface area contributed by atoms with E-state index in [-0.39, 0.29) is 11.6 Å². The number of hydrogen-bond acceptors (Lipinski definition) is 4. The molecule has 3 rings (SSSR count). The summed E-state index contributed by atoms with van der Waals surface area (Å²) in [5, 5.41) is 0. The van der Waals surface area contributed by atoms with Gasteiger partial charge in [-0.15, -0.1) is 0 Å². The van der Waals surface area contributed by atoms with Crippen molar-refractivity contribution >= 4 is 5.65 Å². The smallest absolute Gasteiger partial charge is 0.258 e. The average Bonchev–Trinajstić information content (AvgIpc) is 2.39. The third kappa shape index (κ3) is 2.67. The lowest BCUT2D eigenvalue weighted by Crippen LogP contribution is -2.42. The maximum Gasteiger partial charge on any atom is 0.258 e. The molecular weight excluding hydrogens is 240 g/mol. The molecule has 2 aromatic rings. The lowest BCUT2D eigenvalue weighted by molar-refractivity contribution is 0.199. The summed E-state index contributed by atoms with van der Waals surface area (Å²) in [6, 6.07) is 7.44. The Kier molecular flexibility index (Phi) is 3.31. The fourth-order valence-corrected chi connectivity index (χ4v) is 2.65. The van der Waals surface area contributed by atoms with Crippen LogP contribution in [0.1, 0.15) is 18.5 Å². The Morgan fingerprint density at radius 1 is 1.42 bits per heavy atom. The average molecular weight is 258 g/mol. The monoisotopic (exact) mass is 258 g/mol. The first-order chi connectivity index (χ1) is 9.22. The SMILES string of the molecule is N[C@H]1CCCN(Cc2cc(=O)n3ccccc3n2)C1. The Balaban J connectivity index is 1.87. The summed E-state index contributed by atoms with van der Waals surface area (Å²) >= 11 is 0. The Bertz CT molecular complexity index is 637. The van der Waals surface area contributed by atoms with Gasteiger partial charge in [-0.2, -0.15) is 0 Å². The van der Waals surface area contributed by atoms with Crippen LogP contribution in [0.25, 0.3) is 5.65 Å². The first-order valence-electron chi connectivity index (χ1n) is 6.67. The number of pyridine rings is 1. The second-order valence-electron chi connectivity index (χ2n) is 5.15. The van der Waals surface area contributed by atoms with Crippen molar-refractivity contribution in [1.29, 1.82) is 0 Å². The van der Waals surface area contributed by atoms with Crippen molar-refractivity contribution in [2.24, 2.45) is 5.73 Å². The molecule has 1 saturated heterocycles. The van der Waals surface area contributed by atoms with Crippen molar-refractivity contribution in [3.05, 3.63) is 46.5 Å². The fourth-order valence-electron chi connectivity index (χ4n) is 2.65. The summed E-state index contributed by atoms with van der Waals surface area (Å²) in [5.74, 6) is 0. The van der Waals surface area contributed by atoms with Crippen LogP contribution in [0, 0.1) is 0 Å². The van der Waals surface area contributed by atoms with E-state index in [2.05, 4.69) is 9.88 Å². The van der Waals surface area contributed by atoms with Gasteiger partial charge in [0.05, 0.1) is 5.69 Å². The summed E-state index contributed by atoms with van der Waals surface area (Å²) in [6.07, 6.45) is 3.95. The van der Waals surface area contributed by atoms with E-state index in [9.17, 15) is 4.79 Å². The molecule has 0 spiro atoms. The number of aromatic nitrogens is 2. The third-order valence-corrected chi connectivity index (χ3v) is 3.55. The van der Waals surface area contributed by atoms with Crippen molar-refractivity contribution in [3.8, 4) is 0 Å². The molecule has 0 radical (unpaired) electrons. The maximum atomic E-state index is 12.0. The van der Waals surface area contributed by atoms with Crippen LogP contribution in [0.5, 0.6) is 0 Å². The van der Waals surface area contributed by atoms with E-state index in [0.29, 0.717) is 12.2 Å². The van der Waals surface area contributed by atoms with Crippen LogP contribution in [0.2, 0.25) is 0 Å². The highest BCUT2D eigenvalue weighted by Gasteiger charge is 2.17. The van der Waals surface area contributed by atoms with Gasteiger partial charge in [0.25, 0.3) is 5.56 Å². The molecule has 2 N–H and O–H groups in total. The third-order valence-electron chi connectivity index (χ3n) is 3.55. The molecule has 2 aromatic heterocycles. The van der Waals surface area contributed by atoms with Crippen LogP contribution in [0.4, 0.5) is 0 Å². The molecule has 0 unspecified atom stereocenters. The van der Waals surface area contributed by atoms with Crippen molar-refractivity contribution in [2.45, 2.75) is 25.4 Å². The van der Waals surface area contributed by atoms with E-state index in [1.54, 1.807) is 16.7 Å². The standard InChI is InChI=1S/C14H18N4O/c15-11-4-3-6-17(9-11)10-12-8-14(19)18-7-2-1-5-13(18)16-12/h1-2,5,7-8,11H,3-4,6,9-10,15H2/t11-/m0/s1. The summed E-state index contributed by atoms with van der Waals surface area (Å²) in [4.78, 5) is 18.8. The number of hydrogen-bond donors (Lipinski definition) is 1. The zero-order valence-corrected chi connectivity index (χ0v) is 10.8. The highest BCUT2D eigenvalue weighted by atomic mass is 16.1. The van der Waals surface area contributed by atoms with E-state index in [4.69, 9.17) is 5.73 Å². The highest BCUT2D eigenvalue weighted by Crippen LogP contribution is 2.11. The topological polar surface area (TPSA) is 63.6 Å². The molecule has 5 heteroatoms. The van der Waals surface area contributed by atoms with Crippen LogP contribution >= 0.6 is 0 Å². The predicted octanol–water partition coefficient (Wildman–Crippen LogP) is 0.618. The molecule has 0 saturated carbocycles. The second kappa shape index (κ2) is 5.11. The first-order valence-corrected chi connectivity index (χ1v) is 6.67. The quantitative estimate of drug-likeness (QED) is 0.857. The van der Waals surface area contributed by atoms with Crippen molar-refractivity contribution in [2.75, 3.05) is 13.1 Å². The zero-order chi connectivity index (χ0) is 13.2. The minimum Gasteiger partial charge on any atom is -0.327 e. The number of piperidine rings is 1. The number of rotatable bonds is 2. The van der Waals surface area contributed by atoms with Gasteiger partial charge in [-0.3, -0.25) is 14.1 Å². The molecule has 1 aliphatic heterocycles. The molecule has 0 aliphatic carbocycles. The van der Waals surface area contributed by atoms with Gasteiger partial charge in [0.15, 0.2) is 0 Å². The van der Waals surface area contributed by atoms with Crippen molar-refractivity contribution in [3.63, 3.8) is 0 Å². The minimum absolute atomic E-state index is 0.0260. The Labute approximate surface area is 111 Å². The predicted molar refractivity (Wildman–Crippen MR) is 73.9 cm³/mol. The number of fused-ring (bicyclic) bond motifs is 1. The van der Waals surface area contributed by atoms with Crippen molar-refractivity contribution < 1.29 is 0 Å². The lowest BCUT2D eigenvalue weighted by atomic mass is 10.1. The van der Waals surface area contributed by atoms with Crippen LogP contribution in [-0.2, 0) is 6.54 Å². The molecule has 5 nitrogen and oxygen atoms in total. The number of nitrogens with zero attached hydrogens (tertiary/aromatic N) is 3. The molecule has 1 fully saturated rings. The summed E-state index contributed by atoms with van der Waals surface area (Å²) in [5.41, 5.74) is 7.47. The fraction of sp³-hybridized carbons (Fsp3) is 0.429. The van der Waals surface area contributed by atoms with Crippen LogP contribution in [0.15, 0.2) is 35.3 Å². The Hall–Kier alpha value is -1.72. The first kappa shape index (κ1) is 12.3. The maximum absolute atomic E-state index is 12.0. The van der Waals surface area contributed by atoms with Gasteiger partial charge in [0.1, 0.15) is 5.65 Å². The van der Waals surface area contributed by atoms with Gasteiger partial charge < -0.3 is 5.73 Å². The van der Waals surface area contributed by atoms with Gasteiger partial charge in [0, 0.05) is 31.4 Å². The molecule has 0 bridgehead atoms. The van der Waals surface area contributed by atoms with E-state index < -0.39 is 0 Å². The largest absolute Gasteiger partial charge is 0.327 e. The van der Waals surface area contributed by atoms with Gasteiger partial charge in [0.2, 0.25) is 0 Å². The molecule has 0 aromatic carbocycles. The molecule has 0 amide bonds. The summed E-state index contributed by atoms with van der Waals surface area (Å²) in [6.45, 7) is 2.62. The zero-order valence-electron chi connectivity index (χ0n) is 10.8. The summed E-state index contributed by atoms with van der Waals surface area (Å²) in [7, 11) is 0. The number of likely N-dealkylation sites (tertiary alicyclic amines) is 1. The molecule has 100 valence electrons. The minimum atomic E-state index is -0.0260. The van der Waals surface area contributed by atoms with E-state index in [1.165, 1.54) is 0 Å². The van der Waals surface area contributed by atoms with Gasteiger partial charge in [-0.05, 0) is 31.5 Å². The highest BCUT2D eigenvalue weighted by molar-refractivity contribution is 5.37. The molecule has 1 aliphatic rings. The van der Waals surface area contributed by atoms with Crippen molar-refractivity contribution in [1.82, 2.24) is 14.3 Å². The molecule has 19 heavy (non-hydrogen) atoms.